The van der Waals surface area contributed by atoms with Crippen LogP contribution in [0.2, 0.25) is 0 Å². The summed E-state index contributed by atoms with van der Waals surface area (Å²) in [5.41, 5.74) is 1.17. The highest BCUT2D eigenvalue weighted by Crippen LogP contribution is 2.60. The third-order valence-corrected chi connectivity index (χ3v) is 7.30. The number of carbonyl (C=O) groups is 1. The predicted octanol–water partition coefficient (Wildman–Crippen LogP) is 2.52. The molecule has 5 aliphatic rings. The van der Waals surface area contributed by atoms with E-state index >= 15 is 0 Å². The summed E-state index contributed by atoms with van der Waals surface area (Å²) in [5.74, 6) is 3.43. The van der Waals surface area contributed by atoms with E-state index in [1.807, 2.05) is 6.92 Å². The molecule has 6 rings (SSSR count). The average Bonchev–Trinajstić information content (AvgIpc) is 2.66. The van der Waals surface area contributed by atoms with Gasteiger partial charge in [-0.1, -0.05) is 0 Å². The number of anilines is 1. The van der Waals surface area contributed by atoms with E-state index in [2.05, 4.69) is 25.8 Å². The maximum atomic E-state index is 13.5. The molecule has 1 aromatic rings. The summed E-state index contributed by atoms with van der Waals surface area (Å²) in [6.07, 6.45) is 7.49. The first-order chi connectivity index (χ1) is 13.0. The second-order valence-corrected chi connectivity index (χ2v) is 9.28. The lowest BCUT2D eigenvalue weighted by Crippen LogP contribution is -2.58. The van der Waals surface area contributed by atoms with Crippen LogP contribution in [0.3, 0.4) is 0 Å². The lowest BCUT2D eigenvalue weighted by atomic mass is 9.49. The SMILES string of the molecule is Cc1cc(C#N)nc(N2CCN(C(=O)C34CC5CC(CC(C5)C3)C4)CC2)n1. The fraction of sp³-hybridized carbons (Fsp3) is 0.714. The highest BCUT2D eigenvalue weighted by Gasteiger charge is 2.55. The van der Waals surface area contributed by atoms with Crippen molar-refractivity contribution in [2.75, 3.05) is 31.1 Å². The topological polar surface area (TPSA) is 73.1 Å². The summed E-state index contributed by atoms with van der Waals surface area (Å²) >= 11 is 0. The normalized spacial score (nSPS) is 34.6. The van der Waals surface area contributed by atoms with Crippen molar-refractivity contribution in [3.05, 3.63) is 17.5 Å². The molecular weight excluding hydrogens is 338 g/mol. The van der Waals surface area contributed by atoms with Crippen molar-refractivity contribution in [2.24, 2.45) is 23.2 Å². The van der Waals surface area contributed by atoms with Gasteiger partial charge in [0.25, 0.3) is 0 Å². The fourth-order valence-corrected chi connectivity index (χ4v) is 6.57. The van der Waals surface area contributed by atoms with Crippen LogP contribution in [0.15, 0.2) is 6.07 Å². The van der Waals surface area contributed by atoms with E-state index in [-0.39, 0.29) is 5.41 Å². The quantitative estimate of drug-likeness (QED) is 0.805. The minimum Gasteiger partial charge on any atom is -0.339 e. The van der Waals surface area contributed by atoms with Crippen LogP contribution in [0.4, 0.5) is 5.95 Å². The van der Waals surface area contributed by atoms with Gasteiger partial charge in [0.1, 0.15) is 11.8 Å². The van der Waals surface area contributed by atoms with Gasteiger partial charge in [-0.2, -0.15) is 5.26 Å². The van der Waals surface area contributed by atoms with E-state index in [9.17, 15) is 4.79 Å². The molecule has 4 saturated carbocycles. The summed E-state index contributed by atoms with van der Waals surface area (Å²) in [4.78, 5) is 26.5. The van der Waals surface area contributed by atoms with E-state index in [4.69, 9.17) is 5.26 Å². The van der Waals surface area contributed by atoms with Crippen LogP contribution in [-0.2, 0) is 4.79 Å². The molecule has 1 amide bonds. The number of piperazine rings is 1. The number of nitrogens with zero attached hydrogens (tertiary/aromatic N) is 5. The molecule has 0 aromatic carbocycles. The summed E-state index contributed by atoms with van der Waals surface area (Å²) in [6.45, 7) is 4.84. The fourth-order valence-electron chi connectivity index (χ4n) is 6.57. The summed E-state index contributed by atoms with van der Waals surface area (Å²) in [5, 5.41) is 9.14. The molecule has 1 saturated heterocycles. The van der Waals surface area contributed by atoms with Gasteiger partial charge in [0.2, 0.25) is 11.9 Å². The molecule has 1 aromatic heterocycles. The molecule has 6 nitrogen and oxygen atoms in total. The molecule has 5 fully saturated rings. The molecule has 1 aliphatic heterocycles. The molecule has 6 heteroatoms. The molecule has 0 N–H and O–H groups in total. The van der Waals surface area contributed by atoms with E-state index < -0.39 is 0 Å². The van der Waals surface area contributed by atoms with Crippen molar-refractivity contribution in [1.82, 2.24) is 14.9 Å². The Labute approximate surface area is 160 Å². The van der Waals surface area contributed by atoms with Crippen LogP contribution in [0.25, 0.3) is 0 Å². The second-order valence-electron chi connectivity index (χ2n) is 9.28. The summed E-state index contributed by atoms with van der Waals surface area (Å²) in [6, 6.07) is 3.81. The van der Waals surface area contributed by atoms with Gasteiger partial charge >= 0.3 is 0 Å². The minimum atomic E-state index is -0.0509. The maximum Gasteiger partial charge on any atom is 0.228 e. The molecule has 0 radical (unpaired) electrons. The van der Waals surface area contributed by atoms with Crippen molar-refractivity contribution in [3.63, 3.8) is 0 Å². The van der Waals surface area contributed by atoms with Crippen LogP contribution in [0.1, 0.15) is 49.9 Å². The van der Waals surface area contributed by atoms with E-state index in [1.165, 1.54) is 19.3 Å². The van der Waals surface area contributed by atoms with Gasteiger partial charge in [-0.15, -0.1) is 0 Å². The largest absolute Gasteiger partial charge is 0.339 e. The average molecular weight is 365 g/mol. The van der Waals surface area contributed by atoms with Gasteiger partial charge in [0.05, 0.1) is 5.41 Å². The maximum absolute atomic E-state index is 13.5. The summed E-state index contributed by atoms with van der Waals surface area (Å²) < 4.78 is 0. The highest BCUT2D eigenvalue weighted by molar-refractivity contribution is 5.83. The van der Waals surface area contributed by atoms with E-state index in [0.717, 1.165) is 68.9 Å². The van der Waals surface area contributed by atoms with Crippen molar-refractivity contribution in [3.8, 4) is 6.07 Å². The monoisotopic (exact) mass is 365 g/mol. The van der Waals surface area contributed by atoms with Gasteiger partial charge in [-0.25, -0.2) is 9.97 Å². The number of rotatable bonds is 2. The van der Waals surface area contributed by atoms with Crippen molar-refractivity contribution < 1.29 is 4.79 Å². The van der Waals surface area contributed by atoms with Crippen LogP contribution in [0.5, 0.6) is 0 Å². The van der Waals surface area contributed by atoms with Crippen molar-refractivity contribution in [1.29, 1.82) is 5.26 Å². The Kier molecular flexibility index (Phi) is 3.89. The van der Waals surface area contributed by atoms with Crippen molar-refractivity contribution in [2.45, 2.75) is 45.4 Å². The first-order valence-corrected chi connectivity index (χ1v) is 10.3. The Morgan fingerprint density at radius 3 is 2.22 bits per heavy atom. The molecule has 142 valence electrons. The van der Waals surface area contributed by atoms with Crippen LogP contribution in [-0.4, -0.2) is 47.0 Å². The zero-order valence-electron chi connectivity index (χ0n) is 16.0. The molecule has 0 atom stereocenters. The molecule has 2 heterocycles. The lowest BCUT2D eigenvalue weighted by molar-refractivity contribution is -0.158. The van der Waals surface area contributed by atoms with E-state index in [1.54, 1.807) is 6.07 Å². The van der Waals surface area contributed by atoms with Gasteiger partial charge in [-0.3, -0.25) is 4.79 Å². The smallest absolute Gasteiger partial charge is 0.228 e. The first kappa shape index (κ1) is 17.0. The zero-order chi connectivity index (χ0) is 18.6. The lowest BCUT2D eigenvalue weighted by Gasteiger charge is -2.57. The number of amides is 1. The Morgan fingerprint density at radius 1 is 1.07 bits per heavy atom. The third kappa shape index (κ3) is 2.88. The minimum absolute atomic E-state index is 0.0509. The molecule has 4 bridgehead atoms. The Morgan fingerprint density at radius 2 is 1.67 bits per heavy atom. The molecular formula is C21H27N5O. The number of hydrogen-bond donors (Lipinski definition) is 0. The zero-order valence-corrected chi connectivity index (χ0v) is 16.0. The van der Waals surface area contributed by atoms with Gasteiger partial charge in [0, 0.05) is 31.9 Å². The molecule has 0 spiro atoms. The Bertz CT molecular complexity index is 770. The number of nitriles is 1. The van der Waals surface area contributed by atoms with Gasteiger partial charge < -0.3 is 9.80 Å². The molecule has 0 unspecified atom stereocenters. The Balaban J connectivity index is 1.28. The van der Waals surface area contributed by atoms with Crippen molar-refractivity contribution >= 4 is 11.9 Å². The van der Waals surface area contributed by atoms with Crippen LogP contribution >= 0.6 is 0 Å². The number of hydrogen-bond acceptors (Lipinski definition) is 5. The standard InChI is InChI=1S/C21H27N5O/c1-14-6-18(13-22)24-20(23-14)26-4-2-25(3-5-26)19(27)21-10-15-7-16(11-21)9-17(8-15)12-21/h6,15-17H,2-5,7-12H2,1H3. The second kappa shape index (κ2) is 6.19. The van der Waals surface area contributed by atoms with E-state index in [0.29, 0.717) is 17.5 Å². The number of carbonyl (C=O) groups excluding carboxylic acids is 1. The number of aryl methyl sites for hydroxylation is 1. The number of aromatic nitrogens is 2. The Hall–Kier alpha value is -2.16. The van der Waals surface area contributed by atoms with Crippen LogP contribution < -0.4 is 4.90 Å². The third-order valence-electron chi connectivity index (χ3n) is 7.30. The molecule has 27 heavy (non-hydrogen) atoms. The highest BCUT2D eigenvalue weighted by atomic mass is 16.2. The van der Waals surface area contributed by atoms with Gasteiger partial charge in [0.15, 0.2) is 0 Å². The van der Waals surface area contributed by atoms with Gasteiger partial charge in [-0.05, 0) is 69.3 Å². The molecule has 4 aliphatic carbocycles. The summed E-state index contributed by atoms with van der Waals surface area (Å²) in [7, 11) is 0. The first-order valence-electron chi connectivity index (χ1n) is 10.3. The van der Waals surface area contributed by atoms with Crippen LogP contribution in [0, 0.1) is 41.4 Å². The predicted molar refractivity (Wildman–Crippen MR) is 101 cm³/mol.